The molecule has 2 rings (SSSR count). The number of halogens is 1. The lowest BCUT2D eigenvalue weighted by Gasteiger charge is -1.98. The molecule has 0 aliphatic rings. The van der Waals surface area contributed by atoms with E-state index < -0.39 is 0 Å². The Morgan fingerprint density at radius 1 is 1.50 bits per heavy atom. The minimum absolute atomic E-state index is 0.775. The molecule has 0 aliphatic heterocycles. The van der Waals surface area contributed by atoms with Crippen molar-refractivity contribution in [1.82, 2.24) is 14.8 Å². The first-order valence-corrected chi connectivity index (χ1v) is 6.75. The number of hydrogen-bond acceptors (Lipinski definition) is 4. The van der Waals surface area contributed by atoms with Crippen LogP contribution in [-0.4, -0.2) is 21.3 Å². The van der Waals surface area contributed by atoms with Gasteiger partial charge in [0.1, 0.15) is 0 Å². The molecule has 0 atom stereocenters. The molecule has 86 valence electrons. The number of anilines is 1. The smallest absolute Gasteiger partial charge is 0.182 e. The van der Waals surface area contributed by atoms with Crippen molar-refractivity contribution in [2.45, 2.75) is 19.9 Å². The fraction of sp³-hybridized carbons (Fsp3) is 0.400. The summed E-state index contributed by atoms with van der Waals surface area (Å²) in [7, 11) is 0. The third-order valence-electron chi connectivity index (χ3n) is 2.00. The van der Waals surface area contributed by atoms with Crippen molar-refractivity contribution >= 4 is 32.4 Å². The van der Waals surface area contributed by atoms with E-state index >= 15 is 0 Å². The summed E-state index contributed by atoms with van der Waals surface area (Å²) in [5.41, 5.74) is 0. The maximum Gasteiger partial charge on any atom is 0.182 e. The lowest BCUT2D eigenvalue weighted by atomic mass is 10.5. The topological polar surface area (TPSA) is 42.7 Å². The third-order valence-corrected chi connectivity index (χ3v) is 3.35. The second kappa shape index (κ2) is 5.45. The summed E-state index contributed by atoms with van der Waals surface area (Å²) in [6, 6.07) is 0. The Hall–Kier alpha value is -0.880. The Bertz CT molecular complexity index is 451. The van der Waals surface area contributed by atoms with E-state index in [1.54, 1.807) is 17.5 Å². The van der Waals surface area contributed by atoms with Crippen LogP contribution in [0.1, 0.15) is 18.2 Å². The van der Waals surface area contributed by atoms with Crippen LogP contribution in [0.25, 0.3) is 0 Å². The van der Waals surface area contributed by atoms with Crippen LogP contribution in [0.3, 0.4) is 0 Å². The molecule has 0 fully saturated rings. The van der Waals surface area contributed by atoms with Crippen molar-refractivity contribution in [3.05, 3.63) is 27.9 Å². The number of hydrogen-bond donors (Lipinski definition) is 1. The van der Waals surface area contributed by atoms with E-state index in [0.29, 0.717) is 0 Å². The minimum Gasteiger partial charge on any atom is -0.362 e. The van der Waals surface area contributed by atoms with Gasteiger partial charge in [0.15, 0.2) is 5.13 Å². The predicted octanol–water partition coefficient (Wildman–Crippen LogP) is 2.97. The summed E-state index contributed by atoms with van der Waals surface area (Å²) < 4.78 is 2.89. The Labute approximate surface area is 107 Å². The molecule has 2 heterocycles. The number of aromatic nitrogens is 3. The highest BCUT2D eigenvalue weighted by molar-refractivity contribution is 9.10. The average molecular weight is 301 g/mol. The van der Waals surface area contributed by atoms with E-state index in [2.05, 4.69) is 38.3 Å². The zero-order chi connectivity index (χ0) is 11.4. The first-order chi connectivity index (χ1) is 7.78. The normalized spacial score (nSPS) is 10.6. The molecule has 0 aliphatic carbocycles. The number of thiazole rings is 1. The second-order valence-corrected chi connectivity index (χ2v) is 5.45. The minimum atomic E-state index is 0.775. The van der Waals surface area contributed by atoms with Gasteiger partial charge in [-0.2, -0.15) is 5.10 Å². The molecular formula is C10H13BrN4S. The summed E-state index contributed by atoms with van der Waals surface area (Å²) in [6.45, 7) is 3.89. The van der Waals surface area contributed by atoms with Crippen molar-refractivity contribution in [3.63, 3.8) is 0 Å². The largest absolute Gasteiger partial charge is 0.362 e. The summed E-state index contributed by atoms with van der Waals surface area (Å²) in [5, 5.41) is 8.47. The van der Waals surface area contributed by atoms with Gasteiger partial charge in [-0.15, -0.1) is 11.3 Å². The van der Waals surface area contributed by atoms with Gasteiger partial charge >= 0.3 is 0 Å². The summed E-state index contributed by atoms with van der Waals surface area (Å²) in [6.07, 6.45) is 6.76. The maximum absolute atomic E-state index is 4.31. The molecule has 2 aromatic heterocycles. The Morgan fingerprint density at radius 3 is 3.06 bits per heavy atom. The highest BCUT2D eigenvalue weighted by atomic mass is 79.9. The molecule has 0 spiro atoms. The van der Waals surface area contributed by atoms with Gasteiger partial charge in [0.25, 0.3) is 0 Å². The van der Waals surface area contributed by atoms with Crippen LogP contribution >= 0.6 is 27.3 Å². The van der Waals surface area contributed by atoms with Gasteiger partial charge in [-0.1, -0.05) is 6.92 Å². The molecule has 0 saturated carbocycles. The molecule has 0 saturated heterocycles. The first kappa shape index (κ1) is 11.6. The molecule has 1 N–H and O–H groups in total. The molecular weight excluding hydrogens is 288 g/mol. The molecule has 0 aromatic carbocycles. The highest BCUT2D eigenvalue weighted by Crippen LogP contribution is 2.19. The second-order valence-electron chi connectivity index (χ2n) is 3.41. The van der Waals surface area contributed by atoms with Crippen molar-refractivity contribution in [2.75, 3.05) is 11.9 Å². The average Bonchev–Trinajstić information content (AvgIpc) is 2.86. The molecule has 6 heteroatoms. The van der Waals surface area contributed by atoms with Gasteiger partial charge in [-0.25, -0.2) is 4.98 Å². The van der Waals surface area contributed by atoms with E-state index in [0.717, 1.165) is 29.1 Å². The predicted molar refractivity (Wildman–Crippen MR) is 69.9 cm³/mol. The molecule has 0 radical (unpaired) electrons. The van der Waals surface area contributed by atoms with Crippen LogP contribution in [0.4, 0.5) is 5.13 Å². The lowest BCUT2D eigenvalue weighted by molar-refractivity contribution is 0.693. The SMILES string of the molecule is CCCNc1ncc(Cn2cc(Br)cn2)s1. The molecule has 0 unspecified atom stereocenters. The lowest BCUT2D eigenvalue weighted by Crippen LogP contribution is -1.98. The number of nitrogens with one attached hydrogen (secondary N) is 1. The van der Waals surface area contributed by atoms with Gasteiger partial charge in [0.2, 0.25) is 0 Å². The highest BCUT2D eigenvalue weighted by Gasteiger charge is 2.03. The fourth-order valence-corrected chi connectivity index (χ4v) is 2.44. The zero-order valence-electron chi connectivity index (χ0n) is 8.98. The van der Waals surface area contributed by atoms with E-state index in [1.165, 1.54) is 4.88 Å². The summed E-state index contributed by atoms with van der Waals surface area (Å²) >= 11 is 5.06. The number of nitrogens with zero attached hydrogens (tertiary/aromatic N) is 3. The zero-order valence-corrected chi connectivity index (χ0v) is 11.4. The van der Waals surface area contributed by atoms with Crippen LogP contribution in [0, 0.1) is 0 Å². The maximum atomic E-state index is 4.31. The van der Waals surface area contributed by atoms with Crippen LogP contribution in [0.2, 0.25) is 0 Å². The van der Waals surface area contributed by atoms with Crippen molar-refractivity contribution in [3.8, 4) is 0 Å². The fourth-order valence-electron chi connectivity index (χ4n) is 1.28. The van der Waals surface area contributed by atoms with Crippen molar-refractivity contribution in [1.29, 1.82) is 0 Å². The molecule has 2 aromatic rings. The summed E-state index contributed by atoms with van der Waals surface area (Å²) in [5.74, 6) is 0. The van der Waals surface area contributed by atoms with E-state index in [1.807, 2.05) is 17.1 Å². The Morgan fingerprint density at radius 2 is 2.38 bits per heavy atom. The standard InChI is InChI=1S/C10H13BrN4S/c1-2-3-12-10-13-5-9(16-10)7-15-6-8(11)4-14-15/h4-6H,2-3,7H2,1H3,(H,12,13). The van der Waals surface area contributed by atoms with Gasteiger partial charge < -0.3 is 5.32 Å². The van der Waals surface area contributed by atoms with E-state index in [-0.39, 0.29) is 0 Å². The first-order valence-electron chi connectivity index (χ1n) is 5.14. The van der Waals surface area contributed by atoms with Crippen LogP contribution < -0.4 is 5.32 Å². The van der Waals surface area contributed by atoms with Crippen LogP contribution in [-0.2, 0) is 6.54 Å². The van der Waals surface area contributed by atoms with Crippen LogP contribution in [0.5, 0.6) is 0 Å². The monoisotopic (exact) mass is 300 g/mol. The third kappa shape index (κ3) is 3.05. The van der Waals surface area contributed by atoms with Gasteiger partial charge in [0.05, 0.1) is 17.2 Å². The van der Waals surface area contributed by atoms with Gasteiger partial charge in [-0.3, -0.25) is 4.68 Å². The summed E-state index contributed by atoms with van der Waals surface area (Å²) in [4.78, 5) is 5.51. The Kier molecular flexibility index (Phi) is 3.95. The quantitative estimate of drug-likeness (QED) is 0.923. The molecule has 4 nitrogen and oxygen atoms in total. The van der Waals surface area contributed by atoms with E-state index in [9.17, 15) is 0 Å². The van der Waals surface area contributed by atoms with Gasteiger partial charge in [0, 0.05) is 23.8 Å². The molecule has 0 amide bonds. The van der Waals surface area contributed by atoms with E-state index in [4.69, 9.17) is 0 Å². The van der Waals surface area contributed by atoms with Crippen molar-refractivity contribution in [2.24, 2.45) is 0 Å². The Balaban J connectivity index is 1.97. The van der Waals surface area contributed by atoms with Crippen LogP contribution in [0.15, 0.2) is 23.1 Å². The molecule has 0 bridgehead atoms. The van der Waals surface area contributed by atoms with Crippen molar-refractivity contribution < 1.29 is 0 Å². The number of rotatable bonds is 5. The molecule has 16 heavy (non-hydrogen) atoms. The van der Waals surface area contributed by atoms with Gasteiger partial charge in [-0.05, 0) is 22.4 Å².